The fourth-order valence-corrected chi connectivity index (χ4v) is 3.66. The van der Waals surface area contributed by atoms with Crippen LogP contribution >= 0.6 is 0 Å². The first kappa shape index (κ1) is 20.7. The Kier molecular flexibility index (Phi) is 7.03. The Morgan fingerprint density at radius 1 is 0.731 bits per heavy atom. The molecule has 2 N–H and O–H groups in total. The average molecular weight is 375 g/mol. The minimum absolute atomic E-state index is 0. The second kappa shape index (κ2) is 8.84. The van der Waals surface area contributed by atoms with Crippen LogP contribution in [0.25, 0.3) is 0 Å². The van der Waals surface area contributed by atoms with E-state index in [1.165, 1.54) is 12.1 Å². The Labute approximate surface area is 176 Å². The van der Waals surface area contributed by atoms with Gasteiger partial charge in [-0.1, -0.05) is 60.7 Å². The SMILES string of the molecule is Nc1ccc(S(=O)(=O)[O-])c(Cc2ccccc2)c1Cc1ccccc1.[Na+]. The minimum atomic E-state index is -4.59. The van der Waals surface area contributed by atoms with Gasteiger partial charge in [0.1, 0.15) is 10.1 Å². The van der Waals surface area contributed by atoms with E-state index in [1.807, 2.05) is 60.7 Å². The molecule has 0 aromatic heterocycles. The topological polar surface area (TPSA) is 83.2 Å². The largest absolute Gasteiger partial charge is 1.00 e. The van der Waals surface area contributed by atoms with Crippen molar-refractivity contribution in [1.29, 1.82) is 0 Å². The van der Waals surface area contributed by atoms with Crippen LogP contribution in [-0.4, -0.2) is 13.0 Å². The van der Waals surface area contributed by atoms with Gasteiger partial charge in [-0.3, -0.25) is 0 Å². The van der Waals surface area contributed by atoms with Gasteiger partial charge >= 0.3 is 29.6 Å². The number of benzene rings is 3. The molecule has 0 radical (unpaired) electrons. The van der Waals surface area contributed by atoms with Gasteiger partial charge in [0, 0.05) is 5.69 Å². The Balaban J connectivity index is 0.00000243. The normalized spacial score (nSPS) is 11.0. The van der Waals surface area contributed by atoms with Crippen molar-refractivity contribution in [3.05, 3.63) is 95.1 Å². The van der Waals surface area contributed by atoms with Crippen molar-refractivity contribution < 1.29 is 42.5 Å². The Bertz CT molecular complexity index is 975. The third-order valence-electron chi connectivity index (χ3n) is 4.14. The summed E-state index contributed by atoms with van der Waals surface area (Å²) in [5.41, 5.74) is 9.72. The van der Waals surface area contributed by atoms with Crippen molar-refractivity contribution >= 4 is 15.8 Å². The smallest absolute Gasteiger partial charge is 0.744 e. The summed E-state index contributed by atoms with van der Waals surface area (Å²) in [6.07, 6.45) is 0.809. The van der Waals surface area contributed by atoms with Crippen molar-refractivity contribution in [2.24, 2.45) is 0 Å². The fourth-order valence-electron chi connectivity index (χ4n) is 2.93. The van der Waals surface area contributed by atoms with Gasteiger partial charge < -0.3 is 10.3 Å². The monoisotopic (exact) mass is 375 g/mol. The molecule has 0 aliphatic rings. The predicted octanol–water partition coefficient (Wildman–Crippen LogP) is 0.359. The summed E-state index contributed by atoms with van der Waals surface area (Å²) in [7, 11) is -4.59. The molecule has 0 unspecified atom stereocenters. The van der Waals surface area contributed by atoms with Crippen LogP contribution in [0.15, 0.2) is 77.7 Å². The molecular weight excluding hydrogens is 357 g/mol. The second-order valence-electron chi connectivity index (χ2n) is 5.89. The van der Waals surface area contributed by atoms with E-state index in [0.717, 1.165) is 11.1 Å². The van der Waals surface area contributed by atoms with E-state index >= 15 is 0 Å². The maximum absolute atomic E-state index is 11.8. The van der Waals surface area contributed by atoms with Crippen molar-refractivity contribution in [2.75, 3.05) is 5.73 Å². The number of hydrogen-bond acceptors (Lipinski definition) is 4. The van der Waals surface area contributed by atoms with Crippen molar-refractivity contribution in [3.63, 3.8) is 0 Å². The van der Waals surface area contributed by atoms with Crippen LogP contribution in [0.5, 0.6) is 0 Å². The number of anilines is 1. The molecule has 0 saturated heterocycles. The summed E-state index contributed by atoms with van der Waals surface area (Å²) in [5, 5.41) is 0. The zero-order valence-electron chi connectivity index (χ0n) is 14.6. The summed E-state index contributed by atoms with van der Waals surface area (Å²) in [6, 6.07) is 21.9. The number of nitrogens with two attached hydrogens (primary N) is 1. The number of rotatable bonds is 5. The van der Waals surface area contributed by atoms with Crippen LogP contribution < -0.4 is 35.3 Å². The zero-order valence-corrected chi connectivity index (χ0v) is 17.4. The molecule has 3 rings (SSSR count). The first-order chi connectivity index (χ1) is 11.9. The molecule has 0 fully saturated rings. The van der Waals surface area contributed by atoms with Gasteiger partial charge in [-0.25, -0.2) is 8.42 Å². The van der Waals surface area contributed by atoms with Crippen LogP contribution in [-0.2, 0) is 23.0 Å². The third-order valence-corrected chi connectivity index (χ3v) is 5.06. The van der Waals surface area contributed by atoms with Gasteiger partial charge in [0.25, 0.3) is 0 Å². The summed E-state index contributed by atoms with van der Waals surface area (Å²) in [6.45, 7) is 0. The molecule has 0 heterocycles. The van der Waals surface area contributed by atoms with E-state index < -0.39 is 10.1 Å². The molecule has 3 aromatic carbocycles. The van der Waals surface area contributed by atoms with Crippen molar-refractivity contribution in [1.82, 2.24) is 0 Å². The van der Waals surface area contributed by atoms with Gasteiger partial charge in [-0.15, -0.1) is 0 Å². The first-order valence-electron chi connectivity index (χ1n) is 7.89. The Hall–Kier alpha value is -1.63. The van der Waals surface area contributed by atoms with Gasteiger partial charge in [-0.05, 0) is 47.2 Å². The van der Waals surface area contributed by atoms with Crippen LogP contribution in [0.2, 0.25) is 0 Å². The van der Waals surface area contributed by atoms with E-state index in [2.05, 4.69) is 0 Å². The summed E-state index contributed by atoms with van der Waals surface area (Å²) in [4.78, 5) is -0.198. The molecule has 3 aromatic rings. The van der Waals surface area contributed by atoms with E-state index in [-0.39, 0.29) is 34.5 Å². The minimum Gasteiger partial charge on any atom is -0.744 e. The quantitative estimate of drug-likeness (QED) is 0.397. The molecular formula is C20H18NNaO3S. The maximum Gasteiger partial charge on any atom is 1.00 e. The van der Waals surface area contributed by atoms with E-state index in [0.29, 0.717) is 29.7 Å². The average Bonchev–Trinajstić information content (AvgIpc) is 2.59. The van der Waals surface area contributed by atoms with Gasteiger partial charge in [0.15, 0.2) is 0 Å². The van der Waals surface area contributed by atoms with Crippen LogP contribution in [0.1, 0.15) is 22.3 Å². The van der Waals surface area contributed by atoms with E-state index in [4.69, 9.17) is 5.73 Å². The first-order valence-corrected chi connectivity index (χ1v) is 9.30. The fraction of sp³-hybridized carbons (Fsp3) is 0.100. The molecule has 6 heteroatoms. The molecule has 4 nitrogen and oxygen atoms in total. The van der Waals surface area contributed by atoms with Crippen LogP contribution in [0.3, 0.4) is 0 Å². The van der Waals surface area contributed by atoms with E-state index in [9.17, 15) is 13.0 Å². The van der Waals surface area contributed by atoms with Crippen molar-refractivity contribution in [2.45, 2.75) is 17.7 Å². The second-order valence-corrected chi connectivity index (χ2v) is 7.24. The Morgan fingerprint density at radius 2 is 1.19 bits per heavy atom. The predicted molar refractivity (Wildman–Crippen MR) is 97.3 cm³/mol. The number of hydrogen-bond donors (Lipinski definition) is 1. The molecule has 0 saturated carbocycles. The molecule has 128 valence electrons. The Morgan fingerprint density at radius 3 is 1.65 bits per heavy atom. The zero-order chi connectivity index (χ0) is 17.9. The molecule has 26 heavy (non-hydrogen) atoms. The van der Waals surface area contributed by atoms with Gasteiger partial charge in [0.2, 0.25) is 0 Å². The maximum atomic E-state index is 11.8. The molecule has 0 aliphatic heterocycles. The molecule has 0 bridgehead atoms. The molecule has 0 spiro atoms. The standard InChI is InChI=1S/C20H19NO3S.Na/c21-19-11-12-20(25(22,23)24)18(14-16-9-5-2-6-10-16)17(19)13-15-7-3-1-4-8-15;/h1-12H,13-14,21H2,(H,22,23,24);/q;+1/p-1. The molecule has 0 atom stereocenters. The number of nitrogen functional groups attached to an aromatic ring is 1. The molecule has 0 amide bonds. The van der Waals surface area contributed by atoms with Crippen molar-refractivity contribution in [3.8, 4) is 0 Å². The summed E-state index contributed by atoms with van der Waals surface area (Å²) in [5.74, 6) is 0. The van der Waals surface area contributed by atoms with Gasteiger partial charge in [0.05, 0.1) is 4.90 Å². The third kappa shape index (κ3) is 4.96. The van der Waals surface area contributed by atoms with Gasteiger partial charge in [-0.2, -0.15) is 0 Å². The van der Waals surface area contributed by atoms with Crippen LogP contribution in [0, 0.1) is 0 Å². The molecule has 0 aliphatic carbocycles. The van der Waals surface area contributed by atoms with Crippen LogP contribution in [0.4, 0.5) is 5.69 Å². The summed E-state index contributed by atoms with van der Waals surface area (Å²) >= 11 is 0. The summed E-state index contributed by atoms with van der Waals surface area (Å²) < 4.78 is 35.3. The van der Waals surface area contributed by atoms with E-state index in [1.54, 1.807) is 0 Å².